The van der Waals surface area contributed by atoms with Crippen LogP contribution in [-0.2, 0) is 0 Å². The first-order chi connectivity index (χ1) is 9.70. The summed E-state index contributed by atoms with van der Waals surface area (Å²) in [7, 11) is 0. The van der Waals surface area contributed by atoms with Crippen LogP contribution < -0.4 is 5.32 Å². The highest BCUT2D eigenvalue weighted by molar-refractivity contribution is 7.98. The fourth-order valence-corrected chi connectivity index (χ4v) is 2.43. The van der Waals surface area contributed by atoms with E-state index in [1.165, 1.54) is 0 Å². The van der Waals surface area contributed by atoms with E-state index in [1.807, 2.05) is 61.7 Å². The number of ketones is 1. The highest BCUT2D eigenvalue weighted by Gasteiger charge is 2.04. The minimum atomic E-state index is 0.0113. The van der Waals surface area contributed by atoms with Crippen LogP contribution in [0.5, 0.6) is 0 Å². The number of hydrogen-bond acceptors (Lipinski definition) is 3. The van der Waals surface area contributed by atoms with E-state index in [9.17, 15) is 4.79 Å². The Labute approximate surface area is 123 Å². The predicted molar refractivity (Wildman–Crippen MR) is 86.4 cm³/mol. The number of thioether (sulfide) groups is 1. The van der Waals surface area contributed by atoms with Crippen LogP contribution >= 0.6 is 11.8 Å². The lowest BCUT2D eigenvalue weighted by molar-refractivity contribution is 0.104. The lowest BCUT2D eigenvalue weighted by Crippen LogP contribution is -2.02. The lowest BCUT2D eigenvalue weighted by Gasteiger charge is -2.10. The summed E-state index contributed by atoms with van der Waals surface area (Å²) in [5.74, 6) is 0.0113. The van der Waals surface area contributed by atoms with Gasteiger partial charge in [-0.05, 0) is 25.3 Å². The van der Waals surface area contributed by atoms with E-state index in [0.29, 0.717) is 5.56 Å². The molecule has 2 rings (SSSR count). The third kappa shape index (κ3) is 3.75. The average Bonchev–Trinajstić information content (AvgIpc) is 2.48. The van der Waals surface area contributed by atoms with Crippen LogP contribution in [0.4, 0.5) is 5.69 Å². The number of para-hydroxylation sites is 1. The monoisotopic (exact) mass is 283 g/mol. The number of carbonyl (C=O) groups is 1. The van der Waals surface area contributed by atoms with Gasteiger partial charge >= 0.3 is 0 Å². The Balaban J connectivity index is 2.13. The van der Waals surface area contributed by atoms with Gasteiger partial charge in [0.05, 0.1) is 5.69 Å². The van der Waals surface area contributed by atoms with Crippen LogP contribution in [0.25, 0.3) is 0 Å². The van der Waals surface area contributed by atoms with E-state index in [0.717, 1.165) is 16.3 Å². The molecule has 0 heterocycles. The summed E-state index contributed by atoms with van der Waals surface area (Å²) in [5, 5.41) is 3.28. The number of hydrogen-bond donors (Lipinski definition) is 1. The number of carbonyl (C=O) groups excluding carboxylic acids is 1. The van der Waals surface area contributed by atoms with Crippen LogP contribution in [0.15, 0.2) is 71.3 Å². The molecule has 0 saturated carbocycles. The number of anilines is 1. The van der Waals surface area contributed by atoms with Gasteiger partial charge in [0.25, 0.3) is 0 Å². The van der Waals surface area contributed by atoms with Crippen molar-refractivity contribution in [3.8, 4) is 0 Å². The van der Waals surface area contributed by atoms with Crippen molar-refractivity contribution >= 4 is 23.2 Å². The van der Waals surface area contributed by atoms with Gasteiger partial charge in [-0.1, -0.05) is 42.5 Å². The topological polar surface area (TPSA) is 29.1 Å². The maximum atomic E-state index is 12.1. The zero-order valence-corrected chi connectivity index (χ0v) is 12.4. The molecule has 0 unspecified atom stereocenters. The molecule has 2 aromatic rings. The van der Waals surface area contributed by atoms with E-state index >= 15 is 0 Å². The number of rotatable bonds is 5. The first-order valence-corrected chi connectivity index (χ1v) is 7.61. The fraction of sp³-hybridized carbons (Fsp3) is 0.118. The van der Waals surface area contributed by atoms with Gasteiger partial charge in [-0.3, -0.25) is 4.79 Å². The zero-order valence-electron chi connectivity index (χ0n) is 11.6. The van der Waals surface area contributed by atoms with Gasteiger partial charge in [0.15, 0.2) is 5.78 Å². The van der Waals surface area contributed by atoms with Gasteiger partial charge in [0.2, 0.25) is 0 Å². The standard InChI is InChI=1S/C17H17NOS/c1-13(12-16(19)14-8-4-3-5-9-14)18-15-10-6-7-11-17(15)20-2/h3-12,18H,1-2H3. The Hall–Kier alpha value is -2.00. The van der Waals surface area contributed by atoms with Crippen LogP contribution in [0, 0.1) is 0 Å². The van der Waals surface area contributed by atoms with Crippen molar-refractivity contribution in [1.82, 2.24) is 0 Å². The Morgan fingerprint density at radius 1 is 1.05 bits per heavy atom. The fourth-order valence-electron chi connectivity index (χ4n) is 1.88. The molecule has 0 aromatic heterocycles. The van der Waals surface area contributed by atoms with E-state index in [2.05, 4.69) is 11.4 Å². The summed E-state index contributed by atoms with van der Waals surface area (Å²) < 4.78 is 0. The molecule has 20 heavy (non-hydrogen) atoms. The van der Waals surface area contributed by atoms with Gasteiger partial charge in [0, 0.05) is 22.2 Å². The molecule has 0 atom stereocenters. The maximum absolute atomic E-state index is 12.1. The second kappa shape index (κ2) is 6.96. The van der Waals surface area contributed by atoms with Crippen LogP contribution in [0.3, 0.4) is 0 Å². The highest BCUT2D eigenvalue weighted by atomic mass is 32.2. The van der Waals surface area contributed by atoms with E-state index in [-0.39, 0.29) is 5.78 Å². The molecule has 0 fully saturated rings. The summed E-state index contributed by atoms with van der Waals surface area (Å²) in [6, 6.07) is 17.3. The molecule has 3 heteroatoms. The normalized spacial score (nSPS) is 11.2. The van der Waals surface area contributed by atoms with Crippen LogP contribution in [-0.4, -0.2) is 12.0 Å². The number of nitrogens with one attached hydrogen (secondary N) is 1. The largest absolute Gasteiger partial charge is 0.358 e. The molecule has 0 aliphatic rings. The van der Waals surface area contributed by atoms with Gasteiger partial charge in [0.1, 0.15) is 0 Å². The third-order valence-electron chi connectivity index (χ3n) is 2.84. The minimum absolute atomic E-state index is 0.0113. The first kappa shape index (κ1) is 14.4. The SMILES string of the molecule is CSc1ccccc1NC(C)=CC(=O)c1ccccc1. The zero-order chi connectivity index (χ0) is 14.4. The van der Waals surface area contributed by atoms with Gasteiger partial charge in [-0.15, -0.1) is 11.8 Å². The predicted octanol–water partition coefficient (Wildman–Crippen LogP) is 4.61. The quantitative estimate of drug-likeness (QED) is 0.493. The van der Waals surface area contributed by atoms with Crippen molar-refractivity contribution in [3.63, 3.8) is 0 Å². The molecule has 0 aliphatic carbocycles. The van der Waals surface area contributed by atoms with Crippen molar-refractivity contribution in [3.05, 3.63) is 71.9 Å². The minimum Gasteiger partial charge on any atom is -0.358 e. The molecule has 0 spiro atoms. The van der Waals surface area contributed by atoms with Crippen LogP contribution in [0.1, 0.15) is 17.3 Å². The summed E-state index contributed by atoms with van der Waals surface area (Å²) in [6.07, 6.45) is 3.67. The summed E-state index contributed by atoms with van der Waals surface area (Å²) in [5.41, 5.74) is 2.56. The molecule has 0 bridgehead atoms. The van der Waals surface area contributed by atoms with Crippen molar-refractivity contribution in [2.45, 2.75) is 11.8 Å². The highest BCUT2D eigenvalue weighted by Crippen LogP contribution is 2.25. The summed E-state index contributed by atoms with van der Waals surface area (Å²) in [4.78, 5) is 13.2. The summed E-state index contributed by atoms with van der Waals surface area (Å²) >= 11 is 1.68. The molecular weight excluding hydrogens is 266 g/mol. The molecule has 102 valence electrons. The number of allylic oxidation sites excluding steroid dienone is 2. The van der Waals surface area contributed by atoms with Gasteiger partial charge in [-0.25, -0.2) is 0 Å². The van der Waals surface area contributed by atoms with Crippen molar-refractivity contribution in [1.29, 1.82) is 0 Å². The Morgan fingerprint density at radius 3 is 2.40 bits per heavy atom. The lowest BCUT2D eigenvalue weighted by atomic mass is 10.1. The molecule has 2 aromatic carbocycles. The summed E-state index contributed by atoms with van der Waals surface area (Å²) in [6.45, 7) is 1.90. The second-order valence-corrected chi connectivity index (χ2v) is 5.23. The molecular formula is C17H17NOS. The van der Waals surface area contributed by atoms with Crippen LogP contribution in [0.2, 0.25) is 0 Å². The maximum Gasteiger partial charge on any atom is 0.187 e. The molecule has 2 nitrogen and oxygen atoms in total. The smallest absolute Gasteiger partial charge is 0.187 e. The molecule has 0 amide bonds. The number of benzene rings is 2. The first-order valence-electron chi connectivity index (χ1n) is 6.38. The second-order valence-electron chi connectivity index (χ2n) is 4.38. The Morgan fingerprint density at radius 2 is 1.70 bits per heavy atom. The van der Waals surface area contributed by atoms with Gasteiger partial charge < -0.3 is 5.32 Å². The molecule has 1 N–H and O–H groups in total. The third-order valence-corrected chi connectivity index (χ3v) is 3.64. The van der Waals surface area contributed by atoms with E-state index in [4.69, 9.17) is 0 Å². The van der Waals surface area contributed by atoms with E-state index < -0.39 is 0 Å². The molecule has 0 saturated heterocycles. The van der Waals surface area contributed by atoms with E-state index in [1.54, 1.807) is 17.8 Å². The van der Waals surface area contributed by atoms with Crippen molar-refractivity contribution < 1.29 is 4.79 Å². The average molecular weight is 283 g/mol. The Bertz CT molecular complexity index is 620. The Kier molecular flexibility index (Phi) is 5.02. The molecule has 0 aliphatic heterocycles. The molecule has 0 radical (unpaired) electrons. The van der Waals surface area contributed by atoms with Crippen molar-refractivity contribution in [2.75, 3.05) is 11.6 Å². The van der Waals surface area contributed by atoms with Crippen molar-refractivity contribution in [2.24, 2.45) is 0 Å². The van der Waals surface area contributed by atoms with Gasteiger partial charge in [-0.2, -0.15) is 0 Å².